The highest BCUT2D eigenvalue weighted by atomic mass is 35.5. The van der Waals surface area contributed by atoms with Gasteiger partial charge in [0, 0.05) is 0 Å². The lowest BCUT2D eigenvalue weighted by Gasteiger charge is -2.10. The van der Waals surface area contributed by atoms with Gasteiger partial charge in [0.15, 0.2) is 17.3 Å². The van der Waals surface area contributed by atoms with E-state index in [2.05, 4.69) is 0 Å². The van der Waals surface area contributed by atoms with Crippen LogP contribution in [0, 0.1) is 5.82 Å². The number of hydrogen-bond donors (Lipinski definition) is 0. The number of benzene rings is 2. The molecule has 0 bridgehead atoms. The topological polar surface area (TPSA) is 52.6 Å². The van der Waals surface area contributed by atoms with Crippen molar-refractivity contribution in [3.8, 4) is 11.5 Å². The first kappa shape index (κ1) is 15.9. The fourth-order valence-corrected chi connectivity index (χ4v) is 2.85. The summed E-state index contributed by atoms with van der Waals surface area (Å²) in [5.41, 5.74) is 0. The van der Waals surface area contributed by atoms with Gasteiger partial charge in [0.2, 0.25) is 0 Å². The molecule has 0 saturated heterocycles. The van der Waals surface area contributed by atoms with Crippen LogP contribution >= 0.6 is 23.2 Å². The number of rotatable bonds is 4. The molecule has 0 N–H and O–H groups in total. The third-order valence-corrected chi connectivity index (χ3v) is 4.56. The third kappa shape index (κ3) is 3.40. The zero-order valence-electron chi connectivity index (χ0n) is 10.6. The van der Waals surface area contributed by atoms with E-state index in [1.807, 2.05) is 0 Å². The summed E-state index contributed by atoms with van der Waals surface area (Å²) in [4.78, 5) is -0.364. The number of ether oxygens (including phenoxy) is 1. The Bertz CT molecular complexity index is 778. The Balaban J connectivity index is 2.39. The molecule has 2 rings (SSSR count). The van der Waals surface area contributed by atoms with Crippen molar-refractivity contribution in [3.05, 3.63) is 52.3 Å². The third-order valence-electron chi connectivity index (χ3n) is 2.53. The summed E-state index contributed by atoms with van der Waals surface area (Å²) in [6.07, 6.45) is 0. The summed E-state index contributed by atoms with van der Waals surface area (Å²) in [6, 6.07) is 7.45. The number of hydrogen-bond acceptors (Lipinski definition) is 4. The Morgan fingerprint density at radius 1 is 1.10 bits per heavy atom. The predicted molar refractivity (Wildman–Crippen MR) is 77.2 cm³/mol. The van der Waals surface area contributed by atoms with Gasteiger partial charge in [0.1, 0.15) is 9.92 Å². The molecule has 0 aliphatic rings. The molecule has 8 heteroatoms. The molecule has 0 aliphatic heterocycles. The highest BCUT2D eigenvalue weighted by Crippen LogP contribution is 2.33. The molecule has 2 aromatic carbocycles. The Hall–Kier alpha value is -1.50. The van der Waals surface area contributed by atoms with E-state index in [1.54, 1.807) is 0 Å². The lowest BCUT2D eigenvalue weighted by atomic mass is 10.3. The zero-order chi connectivity index (χ0) is 15.6. The van der Waals surface area contributed by atoms with Crippen LogP contribution in [0.5, 0.6) is 11.5 Å². The van der Waals surface area contributed by atoms with Gasteiger partial charge in [0.05, 0.1) is 12.1 Å². The standard InChI is InChI=1S/C13H9Cl2FO4S/c1-19-11-6-5-8(7-10(11)16)21(17,18)20-12-4-2-3-9(14)13(12)15/h2-7H,1H3. The van der Waals surface area contributed by atoms with Gasteiger partial charge in [-0.2, -0.15) is 8.42 Å². The Morgan fingerprint density at radius 2 is 1.81 bits per heavy atom. The average Bonchev–Trinajstić information content (AvgIpc) is 2.43. The maximum Gasteiger partial charge on any atom is 0.339 e. The fourth-order valence-electron chi connectivity index (χ4n) is 1.52. The van der Waals surface area contributed by atoms with E-state index in [-0.39, 0.29) is 26.4 Å². The summed E-state index contributed by atoms with van der Waals surface area (Å²) in [5.74, 6) is -1.03. The summed E-state index contributed by atoms with van der Waals surface area (Å²) in [7, 11) is -2.97. The molecular formula is C13H9Cl2FO4S. The van der Waals surface area contributed by atoms with E-state index in [0.29, 0.717) is 0 Å². The van der Waals surface area contributed by atoms with Crippen molar-refractivity contribution in [2.24, 2.45) is 0 Å². The van der Waals surface area contributed by atoms with Crippen LogP contribution in [-0.4, -0.2) is 15.5 Å². The minimum absolute atomic E-state index is 0.0447. The summed E-state index contributed by atoms with van der Waals surface area (Å²) in [6.45, 7) is 0. The number of methoxy groups -OCH3 is 1. The first-order valence-electron chi connectivity index (χ1n) is 5.57. The molecular weight excluding hydrogens is 342 g/mol. The van der Waals surface area contributed by atoms with Crippen molar-refractivity contribution in [2.75, 3.05) is 7.11 Å². The quantitative estimate of drug-likeness (QED) is 0.784. The van der Waals surface area contributed by atoms with E-state index in [4.69, 9.17) is 32.1 Å². The lowest BCUT2D eigenvalue weighted by molar-refractivity contribution is 0.385. The molecule has 2 aromatic rings. The summed E-state index contributed by atoms with van der Waals surface area (Å²) < 4.78 is 47.3. The van der Waals surface area contributed by atoms with E-state index in [1.165, 1.54) is 31.4 Å². The van der Waals surface area contributed by atoms with Gasteiger partial charge in [0.25, 0.3) is 0 Å². The lowest BCUT2D eigenvalue weighted by Crippen LogP contribution is -2.10. The summed E-state index contributed by atoms with van der Waals surface area (Å²) in [5, 5.41) is 0.0991. The van der Waals surface area contributed by atoms with E-state index < -0.39 is 15.9 Å². The predicted octanol–water partition coefficient (Wildman–Crippen LogP) is 3.91. The highest BCUT2D eigenvalue weighted by molar-refractivity contribution is 7.87. The largest absolute Gasteiger partial charge is 0.494 e. The molecule has 0 heterocycles. The van der Waals surface area contributed by atoms with Crippen LogP contribution in [0.25, 0.3) is 0 Å². The van der Waals surface area contributed by atoms with Crippen molar-refractivity contribution in [1.82, 2.24) is 0 Å². The van der Waals surface area contributed by atoms with Gasteiger partial charge in [-0.3, -0.25) is 0 Å². The van der Waals surface area contributed by atoms with Crippen LogP contribution in [0.2, 0.25) is 10.0 Å². The molecule has 4 nitrogen and oxygen atoms in total. The molecule has 0 aliphatic carbocycles. The van der Waals surface area contributed by atoms with E-state index in [0.717, 1.165) is 12.1 Å². The van der Waals surface area contributed by atoms with Crippen molar-refractivity contribution < 1.29 is 21.7 Å². The molecule has 0 unspecified atom stereocenters. The molecule has 0 fully saturated rings. The normalized spacial score (nSPS) is 11.2. The minimum atomic E-state index is -4.24. The van der Waals surface area contributed by atoms with Gasteiger partial charge in [-0.05, 0) is 30.3 Å². The van der Waals surface area contributed by atoms with Crippen LogP contribution in [-0.2, 0) is 10.1 Å². The van der Waals surface area contributed by atoms with E-state index in [9.17, 15) is 12.8 Å². The molecule has 112 valence electrons. The molecule has 0 radical (unpaired) electrons. The molecule has 0 aromatic heterocycles. The van der Waals surface area contributed by atoms with Crippen LogP contribution in [0.3, 0.4) is 0 Å². The van der Waals surface area contributed by atoms with Gasteiger partial charge in [-0.15, -0.1) is 0 Å². The minimum Gasteiger partial charge on any atom is -0.494 e. The molecule has 0 spiro atoms. The van der Waals surface area contributed by atoms with Gasteiger partial charge in [-0.1, -0.05) is 29.3 Å². The van der Waals surface area contributed by atoms with Crippen LogP contribution in [0.1, 0.15) is 0 Å². The SMILES string of the molecule is COc1ccc(S(=O)(=O)Oc2cccc(Cl)c2Cl)cc1F. The van der Waals surface area contributed by atoms with Crippen LogP contribution < -0.4 is 8.92 Å². The smallest absolute Gasteiger partial charge is 0.339 e. The van der Waals surface area contributed by atoms with Crippen molar-refractivity contribution in [3.63, 3.8) is 0 Å². The highest BCUT2D eigenvalue weighted by Gasteiger charge is 2.21. The van der Waals surface area contributed by atoms with Crippen LogP contribution in [0.4, 0.5) is 4.39 Å². The summed E-state index contributed by atoms with van der Waals surface area (Å²) >= 11 is 11.6. The van der Waals surface area contributed by atoms with Crippen molar-refractivity contribution >= 4 is 33.3 Å². The Kier molecular flexibility index (Phi) is 4.61. The molecule has 0 atom stereocenters. The second-order valence-electron chi connectivity index (χ2n) is 3.89. The molecule has 21 heavy (non-hydrogen) atoms. The average molecular weight is 351 g/mol. The second kappa shape index (κ2) is 6.09. The van der Waals surface area contributed by atoms with Crippen LogP contribution in [0.15, 0.2) is 41.3 Å². The Morgan fingerprint density at radius 3 is 2.43 bits per heavy atom. The maximum absolute atomic E-state index is 13.6. The van der Waals surface area contributed by atoms with E-state index >= 15 is 0 Å². The maximum atomic E-state index is 13.6. The molecule has 0 amide bonds. The van der Waals surface area contributed by atoms with Crippen molar-refractivity contribution in [1.29, 1.82) is 0 Å². The first-order valence-corrected chi connectivity index (χ1v) is 7.73. The molecule has 0 saturated carbocycles. The zero-order valence-corrected chi connectivity index (χ0v) is 13.0. The Labute approximate surface area is 131 Å². The van der Waals surface area contributed by atoms with Gasteiger partial charge < -0.3 is 8.92 Å². The first-order chi connectivity index (χ1) is 9.85. The number of halogens is 3. The van der Waals surface area contributed by atoms with Crippen molar-refractivity contribution in [2.45, 2.75) is 4.90 Å². The fraction of sp³-hybridized carbons (Fsp3) is 0.0769. The second-order valence-corrected chi connectivity index (χ2v) is 6.22. The van der Waals surface area contributed by atoms with Gasteiger partial charge >= 0.3 is 10.1 Å². The van der Waals surface area contributed by atoms with Gasteiger partial charge in [-0.25, -0.2) is 4.39 Å². The monoisotopic (exact) mass is 350 g/mol.